The van der Waals surface area contributed by atoms with E-state index in [4.69, 9.17) is 0 Å². The Morgan fingerprint density at radius 1 is 0.905 bits per heavy atom. The number of fused-ring (bicyclic) bond motifs is 2. The van der Waals surface area contributed by atoms with Crippen molar-refractivity contribution >= 4 is 0 Å². The quantitative estimate of drug-likeness (QED) is 0.465. The van der Waals surface area contributed by atoms with E-state index in [0.29, 0.717) is 0 Å². The molecule has 1 N–H and O–H groups in total. The summed E-state index contributed by atoms with van der Waals surface area (Å²) in [7, 11) is 0. The van der Waals surface area contributed by atoms with E-state index < -0.39 is 0 Å². The van der Waals surface area contributed by atoms with Gasteiger partial charge in [0, 0.05) is 12.1 Å². The molecule has 2 rings (SSSR count). The van der Waals surface area contributed by atoms with E-state index >= 15 is 0 Å². The predicted octanol–water partition coefficient (Wildman–Crippen LogP) is 5.93. The lowest BCUT2D eigenvalue weighted by Gasteiger charge is -2.32. The molecule has 0 saturated heterocycles. The van der Waals surface area contributed by atoms with Crippen LogP contribution in [0.15, 0.2) is 0 Å². The number of unbranched alkanes of at least 4 members (excludes halogenated alkanes) is 4. The zero-order valence-electron chi connectivity index (χ0n) is 14.9. The maximum atomic E-state index is 4.06. The molecule has 2 aliphatic rings. The van der Waals surface area contributed by atoms with E-state index in [1.807, 2.05) is 0 Å². The van der Waals surface area contributed by atoms with Crippen LogP contribution in [0.3, 0.4) is 0 Å². The Hall–Kier alpha value is -0.0400. The Morgan fingerprint density at radius 2 is 1.57 bits per heavy atom. The fraction of sp³-hybridized carbons (Fsp3) is 1.00. The maximum absolute atomic E-state index is 4.06. The molecule has 4 atom stereocenters. The smallest absolute Gasteiger partial charge is 0.00723 e. The molecule has 2 saturated carbocycles. The Balaban J connectivity index is 1.75. The fourth-order valence-corrected chi connectivity index (χ4v) is 4.99. The van der Waals surface area contributed by atoms with Gasteiger partial charge in [-0.1, -0.05) is 58.8 Å². The number of hydrogen-bond acceptors (Lipinski definition) is 1. The van der Waals surface area contributed by atoms with Crippen LogP contribution in [0.25, 0.3) is 0 Å². The summed E-state index contributed by atoms with van der Waals surface area (Å²) in [5.74, 6) is 3.14. The monoisotopic (exact) mass is 293 g/mol. The van der Waals surface area contributed by atoms with Crippen LogP contribution in [0.1, 0.15) is 97.8 Å². The van der Waals surface area contributed by atoms with Crippen LogP contribution in [-0.2, 0) is 0 Å². The van der Waals surface area contributed by atoms with Gasteiger partial charge in [0.25, 0.3) is 0 Å². The predicted molar refractivity (Wildman–Crippen MR) is 93.6 cm³/mol. The molecule has 4 unspecified atom stereocenters. The van der Waals surface area contributed by atoms with Crippen LogP contribution in [0.5, 0.6) is 0 Å². The minimum atomic E-state index is 0.758. The molecule has 0 aromatic rings. The molecule has 2 fully saturated rings. The lowest BCUT2D eigenvalue weighted by atomic mass is 9.83. The van der Waals surface area contributed by atoms with Gasteiger partial charge in [-0.2, -0.15) is 0 Å². The van der Waals surface area contributed by atoms with Gasteiger partial charge in [-0.15, -0.1) is 0 Å². The molecule has 1 heteroatoms. The van der Waals surface area contributed by atoms with E-state index in [2.05, 4.69) is 26.1 Å². The summed E-state index contributed by atoms with van der Waals surface area (Å²) < 4.78 is 0. The first-order chi connectivity index (χ1) is 10.2. The fourth-order valence-electron chi connectivity index (χ4n) is 4.99. The molecule has 0 radical (unpaired) electrons. The minimum Gasteiger partial charge on any atom is -0.311 e. The van der Waals surface area contributed by atoms with Crippen molar-refractivity contribution in [3.05, 3.63) is 0 Å². The van der Waals surface area contributed by atoms with Crippen molar-refractivity contribution in [2.45, 2.75) is 110 Å². The van der Waals surface area contributed by atoms with E-state index in [1.165, 1.54) is 70.6 Å². The van der Waals surface area contributed by atoms with E-state index in [1.54, 1.807) is 6.42 Å². The SMILES string of the molecule is CCCCCC(CCCCC)NC(C)C1CC2CCC1C2. The van der Waals surface area contributed by atoms with Crippen molar-refractivity contribution in [1.29, 1.82) is 0 Å². The summed E-state index contributed by atoms with van der Waals surface area (Å²) in [6, 6.07) is 1.55. The largest absolute Gasteiger partial charge is 0.311 e. The normalized spacial score (nSPS) is 29.4. The highest BCUT2D eigenvalue weighted by Crippen LogP contribution is 2.49. The van der Waals surface area contributed by atoms with Crippen molar-refractivity contribution in [3.63, 3.8) is 0 Å². The summed E-state index contributed by atoms with van der Waals surface area (Å²) in [6.07, 6.45) is 17.3. The van der Waals surface area contributed by atoms with Crippen molar-refractivity contribution in [2.75, 3.05) is 0 Å². The molecule has 0 spiro atoms. The first-order valence-corrected chi connectivity index (χ1v) is 10.0. The van der Waals surface area contributed by atoms with Crippen LogP contribution >= 0.6 is 0 Å². The third-order valence-corrected chi connectivity index (χ3v) is 6.25. The second-order valence-electron chi connectivity index (χ2n) is 7.98. The van der Waals surface area contributed by atoms with Gasteiger partial charge in [0.1, 0.15) is 0 Å². The average Bonchev–Trinajstić information content (AvgIpc) is 3.10. The van der Waals surface area contributed by atoms with Gasteiger partial charge in [0.05, 0.1) is 0 Å². The highest BCUT2D eigenvalue weighted by atomic mass is 15.0. The van der Waals surface area contributed by atoms with Gasteiger partial charge in [-0.3, -0.25) is 0 Å². The molecule has 0 heterocycles. The maximum Gasteiger partial charge on any atom is 0.00723 e. The van der Waals surface area contributed by atoms with Gasteiger partial charge in [-0.05, 0) is 56.8 Å². The number of hydrogen-bond donors (Lipinski definition) is 1. The molecule has 2 aliphatic carbocycles. The van der Waals surface area contributed by atoms with Crippen LogP contribution < -0.4 is 5.32 Å². The summed E-state index contributed by atoms with van der Waals surface area (Å²) in [4.78, 5) is 0. The van der Waals surface area contributed by atoms with E-state index in [0.717, 1.165) is 29.8 Å². The Bertz CT molecular complexity index is 265. The topological polar surface area (TPSA) is 12.0 Å². The van der Waals surface area contributed by atoms with Crippen LogP contribution in [0, 0.1) is 17.8 Å². The first-order valence-electron chi connectivity index (χ1n) is 10.0. The van der Waals surface area contributed by atoms with Gasteiger partial charge < -0.3 is 5.32 Å². The Labute approximate surface area is 133 Å². The number of nitrogens with one attached hydrogen (secondary N) is 1. The van der Waals surface area contributed by atoms with Gasteiger partial charge in [0.15, 0.2) is 0 Å². The Kier molecular flexibility index (Phi) is 7.57. The van der Waals surface area contributed by atoms with Crippen molar-refractivity contribution in [1.82, 2.24) is 5.32 Å². The second-order valence-corrected chi connectivity index (χ2v) is 7.98. The average molecular weight is 294 g/mol. The summed E-state index contributed by atoms with van der Waals surface area (Å²) >= 11 is 0. The summed E-state index contributed by atoms with van der Waals surface area (Å²) in [5.41, 5.74) is 0. The van der Waals surface area contributed by atoms with Crippen LogP contribution in [0.4, 0.5) is 0 Å². The molecule has 0 amide bonds. The zero-order chi connectivity index (χ0) is 15.1. The van der Waals surface area contributed by atoms with E-state index in [9.17, 15) is 0 Å². The molecule has 0 aromatic carbocycles. The van der Waals surface area contributed by atoms with Crippen molar-refractivity contribution < 1.29 is 0 Å². The molecular weight excluding hydrogens is 254 g/mol. The molecule has 1 nitrogen and oxygen atoms in total. The minimum absolute atomic E-state index is 0.758. The van der Waals surface area contributed by atoms with E-state index in [-0.39, 0.29) is 0 Å². The zero-order valence-corrected chi connectivity index (χ0v) is 14.9. The Morgan fingerprint density at radius 3 is 2.05 bits per heavy atom. The van der Waals surface area contributed by atoms with Crippen molar-refractivity contribution in [3.8, 4) is 0 Å². The molecule has 21 heavy (non-hydrogen) atoms. The van der Waals surface area contributed by atoms with Crippen molar-refractivity contribution in [2.24, 2.45) is 17.8 Å². The summed E-state index contributed by atoms with van der Waals surface area (Å²) in [5, 5.41) is 4.06. The molecule has 2 bridgehead atoms. The molecular formula is C20H39N. The van der Waals surface area contributed by atoms with Crippen LogP contribution in [0.2, 0.25) is 0 Å². The lowest BCUT2D eigenvalue weighted by Crippen LogP contribution is -2.42. The highest BCUT2D eigenvalue weighted by Gasteiger charge is 2.41. The molecule has 0 aliphatic heterocycles. The third-order valence-electron chi connectivity index (χ3n) is 6.25. The van der Waals surface area contributed by atoms with Gasteiger partial charge in [-0.25, -0.2) is 0 Å². The highest BCUT2D eigenvalue weighted by molar-refractivity contribution is 4.94. The summed E-state index contributed by atoms with van der Waals surface area (Å²) in [6.45, 7) is 7.12. The standard InChI is InChI=1S/C20H39N/c1-4-6-8-10-19(11-9-7-5-2)21-16(3)20-15-17-12-13-18(20)14-17/h16-21H,4-15H2,1-3H3. The van der Waals surface area contributed by atoms with Gasteiger partial charge in [0.2, 0.25) is 0 Å². The third kappa shape index (κ3) is 5.27. The van der Waals surface area contributed by atoms with Crippen LogP contribution in [-0.4, -0.2) is 12.1 Å². The first kappa shape index (κ1) is 17.3. The van der Waals surface area contributed by atoms with Gasteiger partial charge >= 0.3 is 0 Å². The number of rotatable bonds is 11. The molecule has 124 valence electrons. The second kappa shape index (κ2) is 9.18. The lowest BCUT2D eigenvalue weighted by molar-refractivity contribution is 0.235. The molecule has 0 aromatic heterocycles.